The van der Waals surface area contributed by atoms with Gasteiger partial charge >= 0.3 is 5.97 Å². The summed E-state index contributed by atoms with van der Waals surface area (Å²) in [5.74, 6) is -0.485. The number of carboxylic acids is 1. The molecule has 0 aromatic heterocycles. The van der Waals surface area contributed by atoms with E-state index in [0.717, 1.165) is 25.7 Å². The maximum absolute atomic E-state index is 12.7. The summed E-state index contributed by atoms with van der Waals surface area (Å²) in [7, 11) is 0. The summed E-state index contributed by atoms with van der Waals surface area (Å²) < 4.78 is 6.00. The van der Waals surface area contributed by atoms with Crippen LogP contribution in [0.5, 0.6) is 0 Å². The summed E-state index contributed by atoms with van der Waals surface area (Å²) in [6.45, 7) is 2.94. The van der Waals surface area contributed by atoms with E-state index in [4.69, 9.17) is 4.74 Å². The van der Waals surface area contributed by atoms with Crippen molar-refractivity contribution in [2.75, 3.05) is 13.1 Å². The summed E-state index contributed by atoms with van der Waals surface area (Å²) in [4.78, 5) is 25.9. The van der Waals surface area contributed by atoms with Gasteiger partial charge in [-0.2, -0.15) is 0 Å². The number of hydrogen-bond donors (Lipinski definition) is 1. The quantitative estimate of drug-likeness (QED) is 0.817. The van der Waals surface area contributed by atoms with Crippen LogP contribution in [0.3, 0.4) is 0 Å². The van der Waals surface area contributed by atoms with Crippen molar-refractivity contribution in [2.24, 2.45) is 17.8 Å². The van der Waals surface area contributed by atoms with Crippen molar-refractivity contribution in [2.45, 2.75) is 64.1 Å². The molecule has 0 bridgehead atoms. The van der Waals surface area contributed by atoms with Gasteiger partial charge in [-0.15, -0.1) is 0 Å². The van der Waals surface area contributed by atoms with E-state index >= 15 is 0 Å². The normalized spacial score (nSPS) is 30.7. The van der Waals surface area contributed by atoms with Crippen LogP contribution in [0.1, 0.15) is 51.9 Å². The van der Waals surface area contributed by atoms with E-state index in [-0.39, 0.29) is 23.8 Å². The molecule has 5 heteroatoms. The van der Waals surface area contributed by atoms with Gasteiger partial charge in [0.05, 0.1) is 12.0 Å². The van der Waals surface area contributed by atoms with Crippen molar-refractivity contribution in [3.8, 4) is 0 Å². The third kappa shape index (κ3) is 3.29. The number of amides is 1. The standard InChI is InChI=1S/C17H27NO4/c1-2-15(22-12-5-3-4-6-12)16(19)18-9-13(11-7-8-11)14(10-18)17(20)21/h11-15H,2-10H2,1H3,(H,20,21)/t13-,14+,15?/m1/s1. The van der Waals surface area contributed by atoms with Gasteiger partial charge in [-0.05, 0) is 43.9 Å². The number of rotatable bonds is 6. The Morgan fingerprint density at radius 2 is 1.86 bits per heavy atom. The molecule has 3 fully saturated rings. The SMILES string of the molecule is CCC(OC1CCCC1)C(=O)N1C[C@H](C(=O)O)[C@@H](C2CC2)C1. The van der Waals surface area contributed by atoms with E-state index in [2.05, 4.69) is 0 Å². The second-order valence-corrected chi connectivity index (χ2v) is 7.13. The van der Waals surface area contributed by atoms with Gasteiger partial charge in [0, 0.05) is 13.1 Å². The topological polar surface area (TPSA) is 66.8 Å². The lowest BCUT2D eigenvalue weighted by atomic mass is 9.92. The number of aliphatic carboxylic acids is 1. The molecule has 1 unspecified atom stereocenters. The molecule has 0 aromatic rings. The van der Waals surface area contributed by atoms with Gasteiger partial charge < -0.3 is 14.7 Å². The molecule has 1 amide bonds. The number of hydrogen-bond acceptors (Lipinski definition) is 3. The number of likely N-dealkylation sites (tertiary alicyclic amines) is 1. The molecule has 1 aliphatic heterocycles. The van der Waals surface area contributed by atoms with Crippen molar-refractivity contribution in [3.63, 3.8) is 0 Å². The minimum atomic E-state index is -0.753. The maximum atomic E-state index is 12.7. The highest BCUT2D eigenvalue weighted by Crippen LogP contribution is 2.44. The van der Waals surface area contributed by atoms with Crippen LogP contribution >= 0.6 is 0 Å². The molecule has 5 nitrogen and oxygen atoms in total. The first kappa shape index (κ1) is 15.8. The van der Waals surface area contributed by atoms with Gasteiger partial charge in [-0.1, -0.05) is 19.8 Å². The van der Waals surface area contributed by atoms with E-state index in [0.29, 0.717) is 25.4 Å². The number of ether oxygens (including phenoxy) is 1. The number of carbonyl (C=O) groups is 2. The fourth-order valence-electron chi connectivity index (χ4n) is 4.06. The first-order valence-electron chi connectivity index (χ1n) is 8.77. The molecular formula is C17H27NO4. The molecule has 3 aliphatic rings. The highest BCUT2D eigenvalue weighted by atomic mass is 16.5. The van der Waals surface area contributed by atoms with E-state index in [1.54, 1.807) is 4.90 Å². The number of carboxylic acid groups (broad SMARTS) is 1. The summed E-state index contributed by atoms with van der Waals surface area (Å²) in [6.07, 6.45) is 7.18. The third-order valence-corrected chi connectivity index (χ3v) is 5.53. The Morgan fingerprint density at radius 3 is 2.41 bits per heavy atom. The Hall–Kier alpha value is -1.10. The monoisotopic (exact) mass is 309 g/mol. The minimum Gasteiger partial charge on any atom is -0.481 e. The summed E-state index contributed by atoms with van der Waals surface area (Å²) >= 11 is 0. The molecule has 0 aromatic carbocycles. The van der Waals surface area contributed by atoms with Crippen LogP contribution in [0.25, 0.3) is 0 Å². The zero-order chi connectivity index (χ0) is 15.7. The van der Waals surface area contributed by atoms with Gasteiger partial charge in [0.15, 0.2) is 0 Å². The Labute approximate surface area is 132 Å². The van der Waals surface area contributed by atoms with Crippen LogP contribution < -0.4 is 0 Å². The highest BCUT2D eigenvalue weighted by Gasteiger charge is 2.47. The molecule has 22 heavy (non-hydrogen) atoms. The van der Waals surface area contributed by atoms with Gasteiger partial charge in [0.1, 0.15) is 6.10 Å². The summed E-state index contributed by atoms with van der Waals surface area (Å²) in [6, 6.07) is 0. The lowest BCUT2D eigenvalue weighted by molar-refractivity contribution is -0.147. The van der Waals surface area contributed by atoms with Crippen molar-refractivity contribution in [3.05, 3.63) is 0 Å². The van der Waals surface area contributed by atoms with E-state index in [1.165, 1.54) is 12.8 Å². The zero-order valence-corrected chi connectivity index (χ0v) is 13.4. The van der Waals surface area contributed by atoms with Crippen LogP contribution in [0.15, 0.2) is 0 Å². The van der Waals surface area contributed by atoms with E-state index in [1.807, 2.05) is 6.92 Å². The molecule has 2 aliphatic carbocycles. The Bertz CT molecular complexity index is 428. The largest absolute Gasteiger partial charge is 0.481 e. The molecule has 1 saturated heterocycles. The Balaban J connectivity index is 1.61. The predicted octanol–water partition coefficient (Wildman–Crippen LogP) is 2.29. The molecular weight excluding hydrogens is 282 g/mol. The van der Waals surface area contributed by atoms with Crippen molar-refractivity contribution in [1.82, 2.24) is 4.90 Å². The smallest absolute Gasteiger partial charge is 0.308 e. The van der Waals surface area contributed by atoms with Crippen molar-refractivity contribution in [1.29, 1.82) is 0 Å². The van der Waals surface area contributed by atoms with Crippen LogP contribution in [-0.4, -0.2) is 47.2 Å². The summed E-state index contributed by atoms with van der Waals surface area (Å²) in [5.41, 5.74) is 0. The van der Waals surface area contributed by atoms with Gasteiger partial charge in [-0.25, -0.2) is 0 Å². The average molecular weight is 309 g/mol. The second kappa shape index (κ2) is 6.57. The first-order valence-corrected chi connectivity index (χ1v) is 8.77. The molecule has 3 atom stereocenters. The third-order valence-electron chi connectivity index (χ3n) is 5.53. The highest BCUT2D eigenvalue weighted by molar-refractivity contribution is 5.82. The van der Waals surface area contributed by atoms with Crippen LogP contribution in [0.4, 0.5) is 0 Å². The predicted molar refractivity (Wildman–Crippen MR) is 81.3 cm³/mol. The van der Waals surface area contributed by atoms with Crippen LogP contribution in [0, 0.1) is 17.8 Å². The van der Waals surface area contributed by atoms with E-state index in [9.17, 15) is 14.7 Å². The molecule has 1 heterocycles. The molecule has 0 spiro atoms. The zero-order valence-electron chi connectivity index (χ0n) is 13.4. The van der Waals surface area contributed by atoms with Gasteiger partial charge in [0.25, 0.3) is 5.91 Å². The minimum absolute atomic E-state index is 0.00352. The van der Waals surface area contributed by atoms with Crippen molar-refractivity contribution >= 4 is 11.9 Å². The first-order chi connectivity index (χ1) is 10.6. The number of carbonyl (C=O) groups excluding carboxylic acids is 1. The van der Waals surface area contributed by atoms with Gasteiger partial charge in [-0.3, -0.25) is 9.59 Å². The van der Waals surface area contributed by atoms with Crippen molar-refractivity contribution < 1.29 is 19.4 Å². The van der Waals surface area contributed by atoms with Gasteiger partial charge in [0.2, 0.25) is 0 Å². The maximum Gasteiger partial charge on any atom is 0.308 e. The molecule has 124 valence electrons. The fraction of sp³-hybridized carbons (Fsp3) is 0.882. The lowest BCUT2D eigenvalue weighted by Gasteiger charge is -2.25. The van der Waals surface area contributed by atoms with Crippen LogP contribution in [0.2, 0.25) is 0 Å². The van der Waals surface area contributed by atoms with Crippen LogP contribution in [-0.2, 0) is 14.3 Å². The number of nitrogens with zero attached hydrogens (tertiary/aromatic N) is 1. The average Bonchev–Trinajstić information content (AvgIpc) is 3.04. The van der Waals surface area contributed by atoms with E-state index < -0.39 is 12.1 Å². The Morgan fingerprint density at radius 1 is 1.18 bits per heavy atom. The molecule has 3 rings (SSSR count). The lowest BCUT2D eigenvalue weighted by Crippen LogP contribution is -2.40. The summed E-state index contributed by atoms with van der Waals surface area (Å²) in [5, 5.41) is 9.42. The fourth-order valence-corrected chi connectivity index (χ4v) is 4.06. The Kier molecular flexibility index (Phi) is 4.71. The molecule has 2 saturated carbocycles. The molecule has 1 N–H and O–H groups in total. The molecule has 0 radical (unpaired) electrons. The second-order valence-electron chi connectivity index (χ2n) is 7.13.